The molecule has 0 aromatic rings. The van der Waals surface area contributed by atoms with E-state index >= 15 is 0 Å². The number of hydrogen-bond donors (Lipinski definition) is 1. The van der Waals surface area contributed by atoms with Crippen molar-refractivity contribution in [3.05, 3.63) is 34.8 Å². The van der Waals surface area contributed by atoms with E-state index in [4.69, 9.17) is 0 Å². The molecule has 1 aliphatic heterocycles. The van der Waals surface area contributed by atoms with E-state index in [1.807, 2.05) is 49.1 Å². The van der Waals surface area contributed by atoms with Crippen molar-refractivity contribution in [3.63, 3.8) is 0 Å². The van der Waals surface area contributed by atoms with E-state index in [1.165, 1.54) is 4.25 Å². The molecule has 0 amide bonds. The summed E-state index contributed by atoms with van der Waals surface area (Å²) in [4.78, 5) is 0. The van der Waals surface area contributed by atoms with Gasteiger partial charge in [0, 0.05) is 0 Å². The number of rotatable bonds is 0. The quantitative estimate of drug-likeness (QED) is 0.700. The topological polar surface area (TPSA) is 12.0 Å². The van der Waals surface area contributed by atoms with Gasteiger partial charge in [0.15, 0.2) is 0 Å². The van der Waals surface area contributed by atoms with Crippen molar-refractivity contribution in [1.82, 2.24) is 5.32 Å². The molecule has 0 radical (unpaired) electrons. The Hall–Kier alpha value is -0.344. The van der Waals surface area contributed by atoms with Gasteiger partial charge < -0.3 is 0 Å². The summed E-state index contributed by atoms with van der Waals surface area (Å²) in [5.74, 6) is 0. The summed E-state index contributed by atoms with van der Waals surface area (Å²) in [7, 11) is 0. The molecule has 0 aromatic heterocycles. The first-order chi connectivity index (χ1) is 3.89. The molecule has 0 atom stereocenters. The second-order valence-corrected chi connectivity index (χ2v) is 2.76. The van der Waals surface area contributed by atoms with Gasteiger partial charge in [0.25, 0.3) is 0 Å². The monoisotopic (exact) mass is 284 g/mol. The van der Waals surface area contributed by atoms with Gasteiger partial charge in [-0.15, -0.1) is 0 Å². The van der Waals surface area contributed by atoms with Crippen LogP contribution in [0.4, 0.5) is 0 Å². The maximum atomic E-state index is 3.07. The van der Waals surface area contributed by atoms with Gasteiger partial charge in [-0.1, -0.05) is 0 Å². The molecule has 1 nitrogen and oxygen atoms in total. The molecule has 1 heterocycles. The first-order valence-corrected chi connectivity index (χ1v) is 3.61. The Morgan fingerprint density at radius 2 is 2.12 bits per heavy atom. The molecule has 1 aliphatic rings. The average Bonchev–Trinajstić information content (AvgIpc) is 1.94. The number of nitrogens with one attached hydrogen (secondary N) is 1. The molecule has 0 saturated carbocycles. The van der Waals surface area contributed by atoms with Crippen molar-refractivity contribution < 1.29 is 18.6 Å². The van der Waals surface area contributed by atoms with Crippen molar-refractivity contribution in [3.8, 4) is 0 Å². The van der Waals surface area contributed by atoms with Crippen LogP contribution < -0.4 is 5.32 Å². The number of allylic oxidation sites excluding steroid dienone is 4. The van der Waals surface area contributed by atoms with Crippen LogP contribution in [-0.2, 0) is 18.6 Å². The molecule has 1 N–H and O–H groups in total. The zero-order valence-corrected chi connectivity index (χ0v) is 6.78. The zero-order valence-electron chi connectivity index (χ0n) is 4.24. The molecular formula is C6H6NOs. The third kappa shape index (κ3) is 1.64. The molecule has 0 spiro atoms. The molecule has 0 saturated heterocycles. The van der Waals surface area contributed by atoms with E-state index < -0.39 is 0 Å². The van der Waals surface area contributed by atoms with Crippen LogP contribution in [0.5, 0.6) is 0 Å². The summed E-state index contributed by atoms with van der Waals surface area (Å²) in [5.41, 5.74) is 0. The van der Waals surface area contributed by atoms with Crippen LogP contribution in [0.15, 0.2) is 34.8 Å². The van der Waals surface area contributed by atoms with E-state index in [-0.39, 0.29) is 0 Å². The predicted octanol–water partition coefficient (Wildman–Crippen LogP) is 1.05. The molecule has 0 aromatic carbocycles. The number of hydrogen-bond acceptors (Lipinski definition) is 1. The Morgan fingerprint density at radius 3 is 3.00 bits per heavy atom. The summed E-state index contributed by atoms with van der Waals surface area (Å²) in [6, 6.07) is 0. The first kappa shape index (κ1) is 5.79. The van der Waals surface area contributed by atoms with Gasteiger partial charge in [0.05, 0.1) is 0 Å². The molecule has 0 bridgehead atoms. The van der Waals surface area contributed by atoms with Crippen LogP contribution in [0, 0.1) is 0 Å². The third-order valence-electron chi connectivity index (χ3n) is 0.775. The molecule has 43 valence electrons. The fourth-order valence-electron chi connectivity index (χ4n) is 0.431. The van der Waals surface area contributed by atoms with E-state index in [1.54, 1.807) is 0 Å². The SMILES string of the molecule is [Os][C]1=CC=CC=CN1. The van der Waals surface area contributed by atoms with E-state index in [0.29, 0.717) is 0 Å². The van der Waals surface area contributed by atoms with Crippen LogP contribution in [-0.4, -0.2) is 0 Å². The Labute approximate surface area is 59.1 Å². The minimum absolute atomic E-state index is 1.20. The normalized spacial score (nSPS) is 16.9. The van der Waals surface area contributed by atoms with Crippen LogP contribution in [0.2, 0.25) is 0 Å². The summed E-state index contributed by atoms with van der Waals surface area (Å²) < 4.78 is 1.20. The summed E-state index contributed by atoms with van der Waals surface area (Å²) in [6.45, 7) is 0. The third-order valence-corrected chi connectivity index (χ3v) is 1.56. The van der Waals surface area contributed by atoms with Crippen molar-refractivity contribution >= 4 is 0 Å². The van der Waals surface area contributed by atoms with Gasteiger partial charge in [0.1, 0.15) is 0 Å². The van der Waals surface area contributed by atoms with Gasteiger partial charge in [-0.05, 0) is 0 Å². The molecule has 8 heavy (non-hydrogen) atoms. The van der Waals surface area contributed by atoms with Crippen molar-refractivity contribution in [1.29, 1.82) is 0 Å². The second-order valence-electron chi connectivity index (χ2n) is 1.39. The molecule has 2 heteroatoms. The minimum atomic E-state index is 1.20. The molecule has 0 aliphatic carbocycles. The first-order valence-electron chi connectivity index (χ1n) is 2.34. The van der Waals surface area contributed by atoms with Crippen molar-refractivity contribution in [2.45, 2.75) is 0 Å². The molecule has 1 rings (SSSR count). The fraction of sp³-hybridized carbons (Fsp3) is 0. The van der Waals surface area contributed by atoms with Crippen LogP contribution in [0.3, 0.4) is 0 Å². The Balaban J connectivity index is 2.69. The Morgan fingerprint density at radius 1 is 1.25 bits per heavy atom. The Bertz CT molecular complexity index is 156. The van der Waals surface area contributed by atoms with E-state index in [9.17, 15) is 0 Å². The van der Waals surface area contributed by atoms with E-state index in [2.05, 4.69) is 5.32 Å². The summed E-state index contributed by atoms with van der Waals surface area (Å²) in [6.07, 6.45) is 9.94. The summed E-state index contributed by atoms with van der Waals surface area (Å²) in [5, 5.41) is 3.07. The standard InChI is InChI=1S/C6H6N.Os/c1-2-4-6-7-5-3-1;/h1-5,7H;. The van der Waals surface area contributed by atoms with Crippen LogP contribution >= 0.6 is 0 Å². The zero-order chi connectivity index (χ0) is 5.82. The van der Waals surface area contributed by atoms with Gasteiger partial charge in [-0.3, -0.25) is 0 Å². The van der Waals surface area contributed by atoms with Gasteiger partial charge >= 0.3 is 58.7 Å². The van der Waals surface area contributed by atoms with Gasteiger partial charge in [-0.25, -0.2) is 0 Å². The second kappa shape index (κ2) is 2.84. The van der Waals surface area contributed by atoms with Crippen molar-refractivity contribution in [2.75, 3.05) is 0 Å². The van der Waals surface area contributed by atoms with Crippen LogP contribution in [0.1, 0.15) is 0 Å². The summed E-state index contributed by atoms with van der Waals surface area (Å²) >= 11 is 1.84. The maximum absolute atomic E-state index is 3.07. The van der Waals surface area contributed by atoms with E-state index in [0.717, 1.165) is 0 Å². The Kier molecular flexibility index (Phi) is 2.06. The van der Waals surface area contributed by atoms with Gasteiger partial charge in [0.2, 0.25) is 0 Å². The fourth-order valence-corrected chi connectivity index (χ4v) is 0.887. The average molecular weight is 282 g/mol. The van der Waals surface area contributed by atoms with Crippen LogP contribution in [0.25, 0.3) is 0 Å². The molecule has 0 unspecified atom stereocenters. The molecule has 0 fully saturated rings. The predicted molar refractivity (Wildman–Crippen MR) is 29.5 cm³/mol. The van der Waals surface area contributed by atoms with Crippen molar-refractivity contribution in [2.24, 2.45) is 0 Å². The van der Waals surface area contributed by atoms with Gasteiger partial charge in [-0.2, -0.15) is 0 Å². The molecular weight excluding hydrogens is 276 g/mol.